The first kappa shape index (κ1) is 14.1. The average molecular weight is 304 g/mol. The van der Waals surface area contributed by atoms with E-state index in [1.54, 1.807) is 13.2 Å². The fourth-order valence-electron chi connectivity index (χ4n) is 2.54. The molecule has 0 radical (unpaired) electrons. The first-order valence-corrected chi connectivity index (χ1v) is 7.47. The third-order valence-electron chi connectivity index (χ3n) is 4.11. The minimum Gasteiger partial charge on any atom is -0.382 e. The molecule has 1 fully saturated rings. The van der Waals surface area contributed by atoms with Gasteiger partial charge in [0.2, 0.25) is 0 Å². The van der Waals surface area contributed by atoms with Gasteiger partial charge in [0.25, 0.3) is 5.56 Å². The summed E-state index contributed by atoms with van der Waals surface area (Å²) < 4.78 is 1.24. The molecule has 1 heterocycles. The van der Waals surface area contributed by atoms with E-state index in [-0.39, 0.29) is 16.0 Å². The molecule has 21 heavy (non-hydrogen) atoms. The zero-order valence-corrected chi connectivity index (χ0v) is 12.7. The van der Waals surface area contributed by atoms with Crippen LogP contribution in [0.4, 0.5) is 5.69 Å². The lowest BCUT2D eigenvalue weighted by molar-refractivity contribution is 0.538. The van der Waals surface area contributed by atoms with Gasteiger partial charge in [-0.2, -0.15) is 5.10 Å². The zero-order chi connectivity index (χ0) is 14.9. The fraction of sp³-hybridized carbons (Fsp3) is 0.375. The van der Waals surface area contributed by atoms with Gasteiger partial charge in [-0.3, -0.25) is 4.79 Å². The molecule has 0 amide bonds. The molecule has 1 aliphatic rings. The third kappa shape index (κ3) is 3.10. The maximum Gasteiger partial charge on any atom is 0.287 e. The van der Waals surface area contributed by atoms with Gasteiger partial charge in [-0.15, -0.1) is 0 Å². The second-order valence-corrected chi connectivity index (χ2v) is 6.19. The van der Waals surface area contributed by atoms with Gasteiger partial charge in [0.15, 0.2) is 0 Å². The SMILES string of the molecule is Cn1ncc(NCC2(Cc3ccccc3)CC2)c(Cl)c1=O. The topological polar surface area (TPSA) is 46.9 Å². The van der Waals surface area contributed by atoms with Gasteiger partial charge in [0.05, 0.1) is 11.9 Å². The van der Waals surface area contributed by atoms with Crippen LogP contribution in [0, 0.1) is 5.41 Å². The molecular weight excluding hydrogens is 286 g/mol. The molecule has 4 nitrogen and oxygen atoms in total. The highest BCUT2D eigenvalue weighted by Gasteiger charge is 2.42. The number of rotatable bonds is 5. The van der Waals surface area contributed by atoms with Crippen molar-refractivity contribution < 1.29 is 0 Å². The number of nitrogens with zero attached hydrogens (tertiary/aromatic N) is 2. The van der Waals surface area contributed by atoms with Crippen LogP contribution in [0.1, 0.15) is 18.4 Å². The highest BCUT2D eigenvalue weighted by atomic mass is 35.5. The molecule has 2 aromatic rings. The monoisotopic (exact) mass is 303 g/mol. The molecule has 1 saturated carbocycles. The van der Waals surface area contributed by atoms with E-state index >= 15 is 0 Å². The number of aryl methyl sites for hydroxylation is 1. The number of nitrogens with one attached hydrogen (secondary N) is 1. The first-order valence-electron chi connectivity index (χ1n) is 7.09. The molecule has 0 spiro atoms. The van der Waals surface area contributed by atoms with Crippen LogP contribution in [0.5, 0.6) is 0 Å². The Morgan fingerprint density at radius 2 is 2.05 bits per heavy atom. The number of hydrogen-bond donors (Lipinski definition) is 1. The van der Waals surface area contributed by atoms with Gasteiger partial charge < -0.3 is 5.32 Å². The summed E-state index contributed by atoms with van der Waals surface area (Å²) in [7, 11) is 1.59. The molecule has 1 aromatic heterocycles. The molecule has 0 atom stereocenters. The van der Waals surface area contributed by atoms with E-state index in [0.29, 0.717) is 5.69 Å². The molecule has 1 aliphatic carbocycles. The molecule has 5 heteroatoms. The van der Waals surface area contributed by atoms with Crippen molar-refractivity contribution in [2.24, 2.45) is 12.5 Å². The van der Waals surface area contributed by atoms with Gasteiger partial charge in [0, 0.05) is 13.6 Å². The van der Waals surface area contributed by atoms with E-state index < -0.39 is 0 Å². The summed E-state index contributed by atoms with van der Waals surface area (Å²) in [6, 6.07) is 10.5. The van der Waals surface area contributed by atoms with Gasteiger partial charge in [-0.1, -0.05) is 41.9 Å². The summed E-state index contributed by atoms with van der Waals surface area (Å²) in [5, 5.41) is 7.51. The van der Waals surface area contributed by atoms with Crippen molar-refractivity contribution in [1.82, 2.24) is 9.78 Å². The van der Waals surface area contributed by atoms with Gasteiger partial charge in [-0.05, 0) is 30.2 Å². The summed E-state index contributed by atoms with van der Waals surface area (Å²) in [5.41, 5.74) is 1.99. The molecule has 1 N–H and O–H groups in total. The molecule has 0 bridgehead atoms. The summed E-state index contributed by atoms with van der Waals surface area (Å²) in [6.07, 6.45) is 5.06. The Hall–Kier alpha value is -1.81. The van der Waals surface area contributed by atoms with Crippen LogP contribution in [0.3, 0.4) is 0 Å². The minimum absolute atomic E-state index is 0.211. The number of anilines is 1. The van der Waals surface area contributed by atoms with Crippen LogP contribution in [-0.2, 0) is 13.5 Å². The predicted octanol–water partition coefficient (Wildman–Crippen LogP) is 2.87. The quantitative estimate of drug-likeness (QED) is 0.924. The summed E-state index contributed by atoms with van der Waals surface area (Å²) >= 11 is 6.07. The van der Waals surface area contributed by atoms with Crippen molar-refractivity contribution in [3.63, 3.8) is 0 Å². The summed E-state index contributed by atoms with van der Waals surface area (Å²) in [6.45, 7) is 0.816. The molecule has 110 valence electrons. The first-order chi connectivity index (χ1) is 10.1. The van der Waals surface area contributed by atoms with E-state index in [9.17, 15) is 4.79 Å². The maximum absolute atomic E-state index is 11.7. The van der Waals surface area contributed by atoms with Crippen LogP contribution in [0.2, 0.25) is 5.02 Å². The number of benzene rings is 1. The highest BCUT2D eigenvalue weighted by Crippen LogP contribution is 2.48. The Labute approximate surface area is 128 Å². The van der Waals surface area contributed by atoms with Crippen molar-refractivity contribution in [1.29, 1.82) is 0 Å². The zero-order valence-electron chi connectivity index (χ0n) is 12.0. The van der Waals surface area contributed by atoms with E-state index in [2.05, 4.69) is 34.7 Å². The van der Waals surface area contributed by atoms with Crippen LogP contribution in [-0.4, -0.2) is 16.3 Å². The van der Waals surface area contributed by atoms with Crippen LogP contribution >= 0.6 is 11.6 Å². The maximum atomic E-state index is 11.7. The Morgan fingerprint density at radius 1 is 1.33 bits per heavy atom. The Bertz CT molecular complexity index is 692. The van der Waals surface area contributed by atoms with E-state index in [1.807, 2.05) is 6.07 Å². The number of hydrogen-bond acceptors (Lipinski definition) is 3. The van der Waals surface area contributed by atoms with E-state index in [0.717, 1.165) is 13.0 Å². The second-order valence-electron chi connectivity index (χ2n) is 5.82. The average Bonchev–Trinajstić information content (AvgIpc) is 3.25. The molecule has 0 unspecified atom stereocenters. The molecule has 0 saturated heterocycles. The minimum atomic E-state index is -0.269. The normalized spacial score (nSPS) is 15.7. The second kappa shape index (κ2) is 5.53. The standard InChI is InChI=1S/C16H18ClN3O/c1-20-15(21)14(17)13(10-19-20)18-11-16(7-8-16)9-12-5-3-2-4-6-12/h2-6,10,18H,7-9,11H2,1H3. The van der Waals surface area contributed by atoms with Crippen molar-refractivity contribution in [3.8, 4) is 0 Å². The molecule has 1 aromatic carbocycles. The van der Waals surface area contributed by atoms with Crippen LogP contribution < -0.4 is 10.9 Å². The van der Waals surface area contributed by atoms with Gasteiger partial charge in [-0.25, -0.2) is 4.68 Å². The number of halogens is 1. The third-order valence-corrected chi connectivity index (χ3v) is 4.48. The molecule has 0 aliphatic heterocycles. The smallest absolute Gasteiger partial charge is 0.287 e. The Balaban J connectivity index is 1.68. The lowest BCUT2D eigenvalue weighted by atomic mass is 9.96. The summed E-state index contributed by atoms with van der Waals surface area (Å²) in [4.78, 5) is 11.7. The van der Waals surface area contributed by atoms with Crippen molar-refractivity contribution in [2.45, 2.75) is 19.3 Å². The van der Waals surface area contributed by atoms with Crippen LogP contribution in [0.25, 0.3) is 0 Å². The lowest BCUT2D eigenvalue weighted by Gasteiger charge is -2.17. The van der Waals surface area contributed by atoms with Crippen molar-refractivity contribution in [3.05, 3.63) is 57.5 Å². The Kier molecular flexibility index (Phi) is 3.72. The number of aromatic nitrogens is 2. The van der Waals surface area contributed by atoms with Crippen molar-refractivity contribution in [2.75, 3.05) is 11.9 Å². The van der Waals surface area contributed by atoms with E-state index in [1.165, 1.54) is 23.1 Å². The molecule has 3 rings (SSSR count). The summed E-state index contributed by atoms with van der Waals surface area (Å²) in [5.74, 6) is 0. The van der Waals surface area contributed by atoms with Gasteiger partial charge in [0.1, 0.15) is 5.02 Å². The highest BCUT2D eigenvalue weighted by molar-refractivity contribution is 6.32. The fourth-order valence-corrected chi connectivity index (χ4v) is 2.78. The predicted molar refractivity (Wildman–Crippen MR) is 84.8 cm³/mol. The lowest BCUT2D eigenvalue weighted by Crippen LogP contribution is -2.23. The largest absolute Gasteiger partial charge is 0.382 e. The van der Waals surface area contributed by atoms with Crippen molar-refractivity contribution >= 4 is 17.3 Å². The van der Waals surface area contributed by atoms with Gasteiger partial charge >= 0.3 is 0 Å². The Morgan fingerprint density at radius 3 is 2.71 bits per heavy atom. The van der Waals surface area contributed by atoms with E-state index in [4.69, 9.17) is 11.6 Å². The molecular formula is C16H18ClN3O. The van der Waals surface area contributed by atoms with Crippen LogP contribution in [0.15, 0.2) is 41.3 Å².